The van der Waals surface area contributed by atoms with Crippen LogP contribution in [-0.4, -0.2) is 20.7 Å². The average Bonchev–Trinajstić information content (AvgIpc) is 3.17. The number of imidazole rings is 1. The van der Waals surface area contributed by atoms with Crippen molar-refractivity contribution < 1.29 is 22.8 Å². The Morgan fingerprint density at radius 3 is 2.50 bits per heavy atom. The lowest BCUT2D eigenvalue weighted by atomic mass is 10.1. The van der Waals surface area contributed by atoms with E-state index in [9.17, 15) is 22.8 Å². The summed E-state index contributed by atoms with van der Waals surface area (Å²) in [7, 11) is 0. The highest BCUT2D eigenvalue weighted by Gasteiger charge is 2.30. The number of hydrogen-bond acceptors (Lipinski definition) is 4. The van der Waals surface area contributed by atoms with Gasteiger partial charge in [0.2, 0.25) is 0 Å². The molecule has 1 saturated heterocycles. The van der Waals surface area contributed by atoms with E-state index in [4.69, 9.17) is 0 Å². The van der Waals surface area contributed by atoms with Gasteiger partial charge in [-0.2, -0.15) is 13.2 Å². The number of amides is 2. The summed E-state index contributed by atoms with van der Waals surface area (Å²) >= 11 is 0.840. The van der Waals surface area contributed by atoms with Crippen LogP contribution in [0.1, 0.15) is 16.7 Å². The number of halogens is 3. The highest BCUT2D eigenvalue weighted by molar-refractivity contribution is 8.18. The van der Waals surface area contributed by atoms with Crippen LogP contribution in [0.2, 0.25) is 0 Å². The van der Waals surface area contributed by atoms with Crippen LogP contribution in [0.3, 0.4) is 0 Å². The lowest BCUT2D eigenvalue weighted by Gasteiger charge is -2.08. The van der Waals surface area contributed by atoms with E-state index in [0.29, 0.717) is 17.0 Å². The molecule has 1 fully saturated rings. The summed E-state index contributed by atoms with van der Waals surface area (Å²) in [5, 5.41) is 1.79. The normalized spacial score (nSPS) is 16.2. The maximum atomic E-state index is 12.7. The van der Waals surface area contributed by atoms with E-state index in [-0.39, 0.29) is 0 Å². The van der Waals surface area contributed by atoms with Gasteiger partial charge in [-0.15, -0.1) is 0 Å². The summed E-state index contributed by atoms with van der Waals surface area (Å²) in [5.41, 5.74) is 2.24. The number of rotatable bonds is 3. The minimum atomic E-state index is -4.36. The van der Waals surface area contributed by atoms with Crippen molar-refractivity contribution in [3.63, 3.8) is 0 Å². The molecule has 9 heteroatoms. The number of carbonyl (C=O) groups excluding carboxylic acids is 2. The van der Waals surface area contributed by atoms with Gasteiger partial charge in [-0.1, -0.05) is 18.2 Å². The van der Waals surface area contributed by atoms with Crippen LogP contribution in [0.5, 0.6) is 0 Å². The first-order valence-electron chi connectivity index (χ1n) is 8.15. The molecule has 1 aliphatic rings. The molecule has 2 aromatic carbocycles. The third kappa shape index (κ3) is 3.65. The number of benzene rings is 2. The van der Waals surface area contributed by atoms with Gasteiger partial charge in [0.15, 0.2) is 0 Å². The Labute approximate surface area is 161 Å². The number of thioether (sulfide) groups is 1. The van der Waals surface area contributed by atoms with Crippen LogP contribution < -0.4 is 5.32 Å². The molecule has 0 unspecified atom stereocenters. The topological polar surface area (TPSA) is 64.0 Å². The summed E-state index contributed by atoms with van der Waals surface area (Å²) in [6, 6.07) is 10.4. The number of nitrogens with zero attached hydrogens (tertiary/aromatic N) is 2. The fourth-order valence-corrected chi connectivity index (χ4v) is 3.55. The largest absolute Gasteiger partial charge is 0.416 e. The van der Waals surface area contributed by atoms with Gasteiger partial charge in [-0.05, 0) is 53.2 Å². The van der Waals surface area contributed by atoms with Gasteiger partial charge in [-0.25, -0.2) is 4.98 Å². The summed E-state index contributed by atoms with van der Waals surface area (Å²) < 4.78 is 39.8. The molecule has 2 heterocycles. The summed E-state index contributed by atoms with van der Waals surface area (Å²) in [5.74, 6) is -0.428. The Kier molecular flexibility index (Phi) is 4.46. The molecular formula is C19H12F3N3O2S. The monoisotopic (exact) mass is 403 g/mol. The highest BCUT2D eigenvalue weighted by atomic mass is 32.2. The van der Waals surface area contributed by atoms with Crippen LogP contribution in [0.25, 0.3) is 17.1 Å². The van der Waals surface area contributed by atoms with Crippen LogP contribution in [-0.2, 0) is 17.5 Å². The zero-order chi connectivity index (χ0) is 19.9. The molecule has 4 rings (SSSR count). The fourth-order valence-electron chi connectivity index (χ4n) is 2.86. The molecule has 0 bridgehead atoms. The summed E-state index contributed by atoms with van der Waals surface area (Å²) in [6.45, 7) is 0.377. The molecule has 3 aromatic rings. The zero-order valence-electron chi connectivity index (χ0n) is 14.2. The van der Waals surface area contributed by atoms with E-state index in [1.807, 2.05) is 10.6 Å². The van der Waals surface area contributed by atoms with E-state index < -0.39 is 22.9 Å². The van der Waals surface area contributed by atoms with E-state index >= 15 is 0 Å². The van der Waals surface area contributed by atoms with Crippen molar-refractivity contribution in [3.05, 3.63) is 70.4 Å². The molecule has 0 radical (unpaired) electrons. The fraction of sp³-hybridized carbons (Fsp3) is 0.105. The molecule has 1 aromatic heterocycles. The molecule has 2 amide bonds. The Morgan fingerprint density at radius 1 is 1.11 bits per heavy atom. The van der Waals surface area contributed by atoms with Crippen molar-refractivity contribution in [1.29, 1.82) is 0 Å². The molecule has 0 spiro atoms. The zero-order valence-corrected chi connectivity index (χ0v) is 15.0. The number of carbonyl (C=O) groups is 2. The van der Waals surface area contributed by atoms with E-state index in [0.717, 1.165) is 40.5 Å². The van der Waals surface area contributed by atoms with Gasteiger partial charge in [0, 0.05) is 6.54 Å². The van der Waals surface area contributed by atoms with Crippen molar-refractivity contribution in [1.82, 2.24) is 14.9 Å². The van der Waals surface area contributed by atoms with Gasteiger partial charge >= 0.3 is 6.18 Å². The SMILES string of the molecule is O=C1NC(=O)/C(=C/c2ccc3c(c2)ncn3Cc2ccc(C(F)(F)F)cc2)S1. The third-order valence-electron chi connectivity index (χ3n) is 4.22. The molecule has 1 aliphatic heterocycles. The van der Waals surface area contributed by atoms with E-state index in [2.05, 4.69) is 10.3 Å². The third-order valence-corrected chi connectivity index (χ3v) is 5.03. The molecule has 0 aliphatic carbocycles. The van der Waals surface area contributed by atoms with Crippen LogP contribution in [0.15, 0.2) is 53.7 Å². The molecule has 1 N–H and O–H groups in total. The van der Waals surface area contributed by atoms with Gasteiger partial charge in [0.25, 0.3) is 11.1 Å². The van der Waals surface area contributed by atoms with Gasteiger partial charge in [0.1, 0.15) is 0 Å². The van der Waals surface area contributed by atoms with Gasteiger partial charge < -0.3 is 4.57 Å². The van der Waals surface area contributed by atoms with Crippen LogP contribution in [0, 0.1) is 0 Å². The van der Waals surface area contributed by atoms with Crippen LogP contribution in [0.4, 0.5) is 18.0 Å². The quantitative estimate of drug-likeness (QED) is 0.658. The second-order valence-corrected chi connectivity index (χ2v) is 7.18. The maximum absolute atomic E-state index is 12.7. The smallest absolute Gasteiger partial charge is 0.326 e. The second kappa shape index (κ2) is 6.83. The highest BCUT2D eigenvalue weighted by Crippen LogP contribution is 2.29. The van der Waals surface area contributed by atoms with Crippen molar-refractivity contribution in [3.8, 4) is 0 Å². The molecule has 0 atom stereocenters. The molecule has 5 nitrogen and oxygen atoms in total. The molecule has 28 heavy (non-hydrogen) atoms. The number of imide groups is 1. The first-order chi connectivity index (χ1) is 13.3. The predicted molar refractivity (Wildman–Crippen MR) is 99.4 cm³/mol. The first kappa shape index (κ1) is 18.3. The van der Waals surface area contributed by atoms with Gasteiger partial charge in [-0.3, -0.25) is 14.9 Å². The number of nitrogens with one attached hydrogen (secondary N) is 1. The number of aromatic nitrogens is 2. The Balaban J connectivity index is 1.57. The van der Waals surface area contributed by atoms with Crippen molar-refractivity contribution in [2.45, 2.75) is 12.7 Å². The van der Waals surface area contributed by atoms with Crippen LogP contribution >= 0.6 is 11.8 Å². The maximum Gasteiger partial charge on any atom is 0.416 e. The average molecular weight is 403 g/mol. The van der Waals surface area contributed by atoms with E-state index in [1.165, 1.54) is 12.1 Å². The number of hydrogen-bond donors (Lipinski definition) is 1. The van der Waals surface area contributed by atoms with Gasteiger partial charge in [0.05, 0.1) is 27.8 Å². The summed E-state index contributed by atoms with van der Waals surface area (Å²) in [4.78, 5) is 27.5. The van der Waals surface area contributed by atoms with Crippen molar-refractivity contribution in [2.24, 2.45) is 0 Å². The number of alkyl halides is 3. The lowest BCUT2D eigenvalue weighted by molar-refractivity contribution is -0.137. The molecular weight excluding hydrogens is 391 g/mol. The molecule has 0 saturated carbocycles. The Hall–Kier alpha value is -3.07. The minimum Gasteiger partial charge on any atom is -0.326 e. The molecule has 142 valence electrons. The second-order valence-electron chi connectivity index (χ2n) is 6.17. The Morgan fingerprint density at radius 2 is 1.86 bits per heavy atom. The lowest BCUT2D eigenvalue weighted by Crippen LogP contribution is -2.17. The predicted octanol–water partition coefficient (Wildman–Crippen LogP) is 4.43. The number of fused-ring (bicyclic) bond motifs is 1. The standard InChI is InChI=1S/C19H12F3N3O2S/c20-19(21,22)13-4-1-11(2-5-13)9-25-10-23-14-7-12(3-6-15(14)25)8-16-17(26)24-18(27)28-16/h1-8,10H,9H2,(H,24,26,27)/b16-8-. The first-order valence-corrected chi connectivity index (χ1v) is 8.97. The van der Waals surface area contributed by atoms with E-state index in [1.54, 1.807) is 24.5 Å². The van der Waals surface area contributed by atoms with Crippen molar-refractivity contribution in [2.75, 3.05) is 0 Å². The minimum absolute atomic E-state index is 0.313. The Bertz CT molecular complexity index is 1120. The van der Waals surface area contributed by atoms with Crippen molar-refractivity contribution >= 4 is 40.0 Å². The summed E-state index contributed by atoms with van der Waals surface area (Å²) in [6.07, 6.45) is -1.14.